The number of benzene rings is 4. The Kier molecular flexibility index (Phi) is 16.4. The number of thioether (sulfide) groups is 1. The number of amides is 4. The number of aliphatic imine (C=N–C) groups is 1. The molecule has 8 N–H and O–H groups in total. The number of rotatable bonds is 20. The number of carbonyl (C=O) groups excluding carboxylic acids is 4. The van der Waals surface area contributed by atoms with Gasteiger partial charge in [0.25, 0.3) is 0 Å². The van der Waals surface area contributed by atoms with Crippen LogP contribution in [-0.4, -0.2) is 72.8 Å². The van der Waals surface area contributed by atoms with Gasteiger partial charge in [0.2, 0.25) is 23.6 Å². The SMILES string of the molecule is CSC[C@H](NC(=O)Cc1ccc(-c2ccccc2)cc1)C(=O)N[C@H](CCCN=C(N)N)C(=O)N[C@@H](Cc1ccccc1)C(=O)NCCc1ccccc1. The molecule has 0 bridgehead atoms. The smallest absolute Gasteiger partial charge is 0.244 e. The van der Waals surface area contributed by atoms with E-state index in [0.29, 0.717) is 19.4 Å². The molecule has 4 aromatic rings. The zero-order valence-electron chi connectivity index (χ0n) is 30.0. The predicted octanol–water partition coefficient (Wildman–Crippen LogP) is 3.37. The number of hydrogen-bond donors (Lipinski definition) is 6. The van der Waals surface area contributed by atoms with Crippen molar-refractivity contribution in [1.82, 2.24) is 21.3 Å². The molecule has 0 fully saturated rings. The van der Waals surface area contributed by atoms with Crippen molar-refractivity contribution in [2.75, 3.05) is 25.1 Å². The van der Waals surface area contributed by atoms with Crippen molar-refractivity contribution in [1.29, 1.82) is 0 Å². The predicted molar refractivity (Wildman–Crippen MR) is 213 cm³/mol. The fourth-order valence-corrected chi connectivity index (χ4v) is 6.27. The molecule has 0 aromatic heterocycles. The third kappa shape index (κ3) is 14.1. The zero-order valence-corrected chi connectivity index (χ0v) is 30.8. The highest BCUT2D eigenvalue weighted by atomic mass is 32.2. The molecule has 0 saturated heterocycles. The van der Waals surface area contributed by atoms with Gasteiger partial charge in [-0.2, -0.15) is 11.8 Å². The topological polar surface area (TPSA) is 181 Å². The molecule has 4 amide bonds. The maximum absolute atomic E-state index is 13.9. The van der Waals surface area contributed by atoms with Crippen molar-refractivity contribution in [3.63, 3.8) is 0 Å². The van der Waals surface area contributed by atoms with Crippen LogP contribution in [0, 0.1) is 0 Å². The molecule has 0 aliphatic carbocycles. The quantitative estimate of drug-likeness (QED) is 0.0458. The molecule has 11 nitrogen and oxygen atoms in total. The molecule has 0 saturated carbocycles. The summed E-state index contributed by atoms with van der Waals surface area (Å²) in [7, 11) is 0. The Balaban J connectivity index is 1.43. The van der Waals surface area contributed by atoms with Gasteiger partial charge in [-0.3, -0.25) is 24.2 Å². The van der Waals surface area contributed by atoms with Gasteiger partial charge in [-0.25, -0.2) is 0 Å². The van der Waals surface area contributed by atoms with Crippen molar-refractivity contribution >= 4 is 41.4 Å². The molecule has 4 aromatic carbocycles. The Bertz CT molecular complexity index is 1770. The summed E-state index contributed by atoms with van der Waals surface area (Å²) >= 11 is 1.39. The molecule has 278 valence electrons. The minimum Gasteiger partial charge on any atom is -0.370 e. The third-order valence-electron chi connectivity index (χ3n) is 8.46. The van der Waals surface area contributed by atoms with E-state index in [2.05, 4.69) is 26.3 Å². The van der Waals surface area contributed by atoms with Gasteiger partial charge in [0.05, 0.1) is 6.42 Å². The second-order valence-electron chi connectivity index (χ2n) is 12.6. The van der Waals surface area contributed by atoms with Gasteiger partial charge in [-0.05, 0) is 53.3 Å². The first-order valence-corrected chi connectivity index (χ1v) is 19.1. The summed E-state index contributed by atoms with van der Waals surface area (Å²) in [4.78, 5) is 58.3. The van der Waals surface area contributed by atoms with E-state index in [1.54, 1.807) is 0 Å². The maximum Gasteiger partial charge on any atom is 0.244 e. The summed E-state index contributed by atoms with van der Waals surface area (Å²) in [5.74, 6) is -1.50. The molecule has 0 heterocycles. The van der Waals surface area contributed by atoms with Crippen LogP contribution in [-0.2, 0) is 38.4 Å². The minimum atomic E-state index is -1.03. The summed E-state index contributed by atoms with van der Waals surface area (Å²) < 4.78 is 0. The monoisotopic (exact) mass is 735 g/mol. The average Bonchev–Trinajstić information content (AvgIpc) is 3.16. The first-order chi connectivity index (χ1) is 25.7. The largest absolute Gasteiger partial charge is 0.370 e. The van der Waals surface area contributed by atoms with Crippen molar-refractivity contribution < 1.29 is 19.2 Å². The molecule has 0 unspecified atom stereocenters. The number of nitrogens with one attached hydrogen (secondary N) is 4. The molecule has 0 aliphatic heterocycles. The van der Waals surface area contributed by atoms with Crippen LogP contribution in [0.25, 0.3) is 11.1 Å². The molecule has 12 heteroatoms. The van der Waals surface area contributed by atoms with E-state index in [4.69, 9.17) is 11.5 Å². The number of nitrogens with two attached hydrogens (primary N) is 2. The molecule has 0 radical (unpaired) electrons. The van der Waals surface area contributed by atoms with Gasteiger partial charge in [0.15, 0.2) is 5.96 Å². The van der Waals surface area contributed by atoms with Crippen LogP contribution in [0.3, 0.4) is 0 Å². The maximum atomic E-state index is 13.9. The Morgan fingerprint density at radius 3 is 1.83 bits per heavy atom. The van der Waals surface area contributed by atoms with Gasteiger partial charge in [-0.1, -0.05) is 115 Å². The van der Waals surface area contributed by atoms with E-state index in [0.717, 1.165) is 27.8 Å². The van der Waals surface area contributed by atoms with E-state index in [9.17, 15) is 19.2 Å². The lowest BCUT2D eigenvalue weighted by atomic mass is 10.0. The van der Waals surface area contributed by atoms with Gasteiger partial charge < -0.3 is 32.7 Å². The first kappa shape index (κ1) is 40.2. The lowest BCUT2D eigenvalue weighted by Crippen LogP contribution is -2.57. The van der Waals surface area contributed by atoms with Crippen LogP contribution in [0.5, 0.6) is 0 Å². The summed E-state index contributed by atoms with van der Waals surface area (Å²) in [6.45, 7) is 0.624. The molecule has 3 atom stereocenters. The molecule has 0 spiro atoms. The number of nitrogens with zero attached hydrogens (tertiary/aromatic N) is 1. The Labute approximate surface area is 315 Å². The van der Waals surface area contributed by atoms with Crippen LogP contribution >= 0.6 is 11.8 Å². The Hall–Kier alpha value is -5.62. The van der Waals surface area contributed by atoms with Crippen LogP contribution in [0.15, 0.2) is 120 Å². The standard InChI is InChI=1S/C41H49N7O4S/c1-53-28-36(46-37(49)27-31-19-21-33(22-20-31)32-16-9-4-10-17-32)40(52)47-34(18-11-24-45-41(42)43)39(51)48-35(26-30-14-7-3-8-15-30)38(50)44-25-23-29-12-5-2-6-13-29/h2-10,12-17,19-22,34-36H,11,18,23-28H2,1H3,(H,44,50)(H,46,49)(H,47,52)(H,48,51)(H4,42,43,45)/t34-,35+,36+/m1/s1. The first-order valence-electron chi connectivity index (χ1n) is 17.7. The van der Waals surface area contributed by atoms with Crippen molar-refractivity contribution in [2.24, 2.45) is 16.5 Å². The lowest BCUT2D eigenvalue weighted by Gasteiger charge is -2.25. The number of guanidine groups is 1. The second-order valence-corrected chi connectivity index (χ2v) is 13.5. The summed E-state index contributed by atoms with van der Waals surface area (Å²) in [6.07, 6.45) is 3.35. The summed E-state index contributed by atoms with van der Waals surface area (Å²) in [6, 6.07) is 34.0. The average molecular weight is 736 g/mol. The fraction of sp³-hybridized carbons (Fsp3) is 0.293. The van der Waals surface area contributed by atoms with Crippen LogP contribution < -0.4 is 32.7 Å². The Morgan fingerprint density at radius 1 is 0.642 bits per heavy atom. The van der Waals surface area contributed by atoms with Crippen LogP contribution in [0.1, 0.15) is 29.5 Å². The molecular formula is C41H49N7O4S. The minimum absolute atomic E-state index is 0.0796. The van der Waals surface area contributed by atoms with E-state index in [-0.39, 0.29) is 49.3 Å². The van der Waals surface area contributed by atoms with E-state index in [1.165, 1.54) is 11.8 Å². The van der Waals surface area contributed by atoms with Gasteiger partial charge in [0.1, 0.15) is 18.1 Å². The molecule has 0 aliphatic rings. The number of carbonyl (C=O) groups is 4. The van der Waals surface area contributed by atoms with E-state index < -0.39 is 29.9 Å². The third-order valence-corrected chi connectivity index (χ3v) is 9.13. The highest BCUT2D eigenvalue weighted by Crippen LogP contribution is 2.19. The number of hydrogen-bond acceptors (Lipinski definition) is 6. The van der Waals surface area contributed by atoms with E-state index >= 15 is 0 Å². The molecular weight excluding hydrogens is 687 g/mol. The fourth-order valence-electron chi connectivity index (χ4n) is 5.70. The van der Waals surface area contributed by atoms with Gasteiger partial charge in [-0.15, -0.1) is 0 Å². The van der Waals surface area contributed by atoms with Gasteiger partial charge >= 0.3 is 0 Å². The highest BCUT2D eigenvalue weighted by molar-refractivity contribution is 7.98. The van der Waals surface area contributed by atoms with Crippen molar-refractivity contribution in [3.05, 3.63) is 132 Å². The van der Waals surface area contributed by atoms with Gasteiger partial charge in [0, 0.05) is 25.3 Å². The van der Waals surface area contributed by atoms with Crippen LogP contribution in [0.4, 0.5) is 0 Å². The summed E-state index contributed by atoms with van der Waals surface area (Å²) in [5.41, 5.74) is 15.9. The Morgan fingerprint density at radius 2 is 1.21 bits per heavy atom. The molecule has 53 heavy (non-hydrogen) atoms. The zero-order chi connectivity index (χ0) is 37.8. The lowest BCUT2D eigenvalue weighted by molar-refractivity contribution is -0.133. The summed E-state index contributed by atoms with van der Waals surface area (Å²) in [5, 5.41) is 11.5. The van der Waals surface area contributed by atoms with Crippen molar-refractivity contribution in [2.45, 2.75) is 50.2 Å². The normalized spacial score (nSPS) is 12.4. The highest BCUT2D eigenvalue weighted by Gasteiger charge is 2.29. The van der Waals surface area contributed by atoms with Crippen LogP contribution in [0.2, 0.25) is 0 Å². The van der Waals surface area contributed by atoms with E-state index in [1.807, 2.05) is 122 Å². The molecule has 4 rings (SSSR count). The van der Waals surface area contributed by atoms with Crippen molar-refractivity contribution in [3.8, 4) is 11.1 Å². The second kappa shape index (κ2) is 21.7.